The van der Waals surface area contributed by atoms with Gasteiger partial charge in [-0.05, 0) is 17.2 Å². The van der Waals surface area contributed by atoms with Crippen LogP contribution < -0.4 is 5.32 Å². The molecule has 4 rings (SSSR count). The van der Waals surface area contributed by atoms with E-state index in [0.717, 1.165) is 5.56 Å². The van der Waals surface area contributed by atoms with Crippen LogP contribution in [0.25, 0.3) is 0 Å². The first-order valence-corrected chi connectivity index (χ1v) is 10.2. The average molecular weight is 440 g/mol. The molecule has 1 aromatic heterocycles. The summed E-state index contributed by atoms with van der Waals surface area (Å²) in [6.07, 6.45) is 4.66. The largest absolute Gasteiger partial charge is 0.326 e. The number of anilines is 1. The van der Waals surface area contributed by atoms with Crippen LogP contribution in [-0.4, -0.2) is 26.2 Å². The Labute approximate surface area is 189 Å². The minimum Gasteiger partial charge on any atom is -0.326 e. The van der Waals surface area contributed by atoms with Crippen molar-refractivity contribution in [2.24, 2.45) is 0 Å². The summed E-state index contributed by atoms with van der Waals surface area (Å²) >= 11 is 0. The van der Waals surface area contributed by atoms with Gasteiger partial charge in [0.05, 0.1) is 23.7 Å². The number of hydrogen-bond donors (Lipinski definition) is 1. The van der Waals surface area contributed by atoms with Gasteiger partial charge in [-0.2, -0.15) is 0 Å². The third kappa shape index (κ3) is 5.01. The Hall–Kier alpha value is -4.59. The second-order valence-electron chi connectivity index (χ2n) is 7.37. The van der Waals surface area contributed by atoms with Crippen molar-refractivity contribution < 1.29 is 14.5 Å². The van der Waals surface area contributed by atoms with Crippen molar-refractivity contribution in [3.05, 3.63) is 124 Å². The number of hydrogen-bond acceptors (Lipinski definition) is 5. The van der Waals surface area contributed by atoms with Crippen molar-refractivity contribution in [2.75, 3.05) is 5.32 Å². The number of amides is 1. The van der Waals surface area contributed by atoms with Gasteiger partial charge in [-0.25, -0.2) is 4.98 Å². The second-order valence-corrected chi connectivity index (χ2v) is 7.37. The molecule has 8 heteroatoms. The van der Waals surface area contributed by atoms with Crippen molar-refractivity contribution in [1.29, 1.82) is 0 Å². The van der Waals surface area contributed by atoms with E-state index in [1.807, 2.05) is 34.9 Å². The third-order valence-electron chi connectivity index (χ3n) is 5.16. The van der Waals surface area contributed by atoms with Crippen molar-refractivity contribution in [2.45, 2.75) is 12.5 Å². The summed E-state index contributed by atoms with van der Waals surface area (Å²) < 4.78 is 1.85. The number of rotatable bonds is 8. The van der Waals surface area contributed by atoms with Gasteiger partial charge in [0, 0.05) is 24.0 Å². The fourth-order valence-electron chi connectivity index (χ4n) is 3.64. The predicted molar refractivity (Wildman–Crippen MR) is 123 cm³/mol. The van der Waals surface area contributed by atoms with Crippen molar-refractivity contribution >= 4 is 23.1 Å². The maximum atomic E-state index is 12.4. The van der Waals surface area contributed by atoms with Crippen LogP contribution >= 0.6 is 0 Å². The first-order valence-electron chi connectivity index (χ1n) is 10.2. The zero-order valence-electron chi connectivity index (χ0n) is 17.5. The van der Waals surface area contributed by atoms with Gasteiger partial charge in [-0.15, -0.1) is 0 Å². The first-order chi connectivity index (χ1) is 16.0. The summed E-state index contributed by atoms with van der Waals surface area (Å²) in [5.74, 6) is -0.981. The molecule has 0 fully saturated rings. The summed E-state index contributed by atoms with van der Waals surface area (Å²) in [4.78, 5) is 40.1. The minimum absolute atomic E-state index is 0.0343. The van der Waals surface area contributed by atoms with Gasteiger partial charge < -0.3 is 9.88 Å². The van der Waals surface area contributed by atoms with Crippen LogP contribution in [0, 0.1) is 10.1 Å². The Morgan fingerprint density at radius 1 is 0.970 bits per heavy atom. The Bertz CT molecular complexity index is 1270. The highest BCUT2D eigenvalue weighted by molar-refractivity contribution is 6.11. The highest BCUT2D eigenvalue weighted by Crippen LogP contribution is 2.33. The van der Waals surface area contributed by atoms with E-state index in [9.17, 15) is 19.7 Å². The predicted octanol–water partition coefficient (Wildman–Crippen LogP) is 4.64. The fraction of sp³-hybridized carbons (Fsp3) is 0.0800. The SMILES string of the molecule is O=C(CC(=O)c1ccccc1)Nc1ccc(C(c2ccccc2)n2ccnc2)cc1[N+](=O)[O-]. The van der Waals surface area contributed by atoms with E-state index < -0.39 is 17.3 Å². The Morgan fingerprint density at radius 2 is 1.67 bits per heavy atom. The quantitative estimate of drug-likeness (QED) is 0.186. The maximum Gasteiger partial charge on any atom is 0.293 e. The van der Waals surface area contributed by atoms with E-state index in [1.165, 1.54) is 12.1 Å². The molecule has 1 amide bonds. The number of carbonyl (C=O) groups is 2. The highest BCUT2D eigenvalue weighted by Gasteiger charge is 2.23. The molecule has 3 aromatic carbocycles. The molecule has 1 unspecified atom stereocenters. The standard InChI is InChI=1S/C25H20N4O4/c30-23(18-7-3-1-4-8-18)16-24(31)27-21-12-11-20(15-22(21)29(32)33)25(28-14-13-26-17-28)19-9-5-2-6-10-19/h1-15,17,25H,16H2,(H,27,31). The lowest BCUT2D eigenvalue weighted by Gasteiger charge is -2.20. The minimum atomic E-state index is -0.617. The molecule has 164 valence electrons. The topological polar surface area (TPSA) is 107 Å². The zero-order valence-corrected chi connectivity index (χ0v) is 17.5. The molecular weight excluding hydrogens is 420 g/mol. The summed E-state index contributed by atoms with van der Waals surface area (Å²) in [7, 11) is 0. The lowest BCUT2D eigenvalue weighted by atomic mass is 9.97. The van der Waals surface area contributed by atoms with Gasteiger partial charge >= 0.3 is 0 Å². The molecular formula is C25H20N4O4. The Balaban J connectivity index is 1.62. The van der Waals surface area contributed by atoms with Crippen LogP contribution in [0.4, 0.5) is 11.4 Å². The van der Waals surface area contributed by atoms with Crippen LogP contribution in [0.1, 0.15) is 33.9 Å². The number of ketones is 1. The van der Waals surface area contributed by atoms with Crippen LogP contribution in [-0.2, 0) is 4.79 Å². The zero-order chi connectivity index (χ0) is 23.2. The molecule has 0 radical (unpaired) electrons. The molecule has 8 nitrogen and oxygen atoms in total. The van der Waals surface area contributed by atoms with Gasteiger partial charge in [0.25, 0.3) is 5.69 Å². The summed E-state index contributed by atoms with van der Waals surface area (Å²) in [6, 6.07) is 22.3. The number of benzene rings is 3. The third-order valence-corrected chi connectivity index (χ3v) is 5.16. The van der Waals surface area contributed by atoms with Gasteiger partial charge in [0.1, 0.15) is 5.69 Å². The molecule has 0 saturated carbocycles. The van der Waals surface area contributed by atoms with Crippen molar-refractivity contribution in [3.63, 3.8) is 0 Å². The fourth-order valence-corrected chi connectivity index (χ4v) is 3.64. The number of nitro benzene ring substituents is 1. The summed E-state index contributed by atoms with van der Waals surface area (Å²) in [6.45, 7) is 0. The van der Waals surface area contributed by atoms with E-state index in [1.54, 1.807) is 55.1 Å². The van der Waals surface area contributed by atoms with Crippen molar-refractivity contribution in [1.82, 2.24) is 9.55 Å². The number of Topliss-reactive ketones (excluding diaryl/α,β-unsaturated/α-hetero) is 1. The van der Waals surface area contributed by atoms with Gasteiger partial charge in [-0.1, -0.05) is 66.7 Å². The molecule has 33 heavy (non-hydrogen) atoms. The molecule has 0 aliphatic carbocycles. The second kappa shape index (κ2) is 9.69. The number of nitrogens with one attached hydrogen (secondary N) is 1. The lowest BCUT2D eigenvalue weighted by Crippen LogP contribution is -2.18. The van der Waals surface area contributed by atoms with E-state index in [-0.39, 0.29) is 23.2 Å². The van der Waals surface area contributed by atoms with Gasteiger partial charge in [0.2, 0.25) is 5.91 Å². The van der Waals surface area contributed by atoms with Crippen LogP contribution in [0.3, 0.4) is 0 Å². The van der Waals surface area contributed by atoms with Crippen molar-refractivity contribution in [3.8, 4) is 0 Å². The molecule has 0 aliphatic heterocycles. The van der Waals surface area contributed by atoms with E-state index >= 15 is 0 Å². The van der Waals surface area contributed by atoms with Crippen LogP contribution in [0.5, 0.6) is 0 Å². The molecule has 1 heterocycles. The molecule has 0 aliphatic rings. The summed E-state index contributed by atoms with van der Waals surface area (Å²) in [5.41, 5.74) is 1.77. The van der Waals surface area contributed by atoms with Crippen LogP contribution in [0.2, 0.25) is 0 Å². The average Bonchev–Trinajstić information content (AvgIpc) is 3.35. The molecule has 0 spiro atoms. The number of aromatic nitrogens is 2. The molecule has 0 saturated heterocycles. The monoisotopic (exact) mass is 440 g/mol. The van der Waals surface area contributed by atoms with Gasteiger partial charge in [-0.3, -0.25) is 19.7 Å². The summed E-state index contributed by atoms with van der Waals surface area (Å²) in [5, 5.41) is 14.3. The smallest absolute Gasteiger partial charge is 0.293 e. The number of nitro groups is 1. The van der Waals surface area contributed by atoms with Crippen LogP contribution in [0.15, 0.2) is 97.6 Å². The normalized spacial score (nSPS) is 11.5. The molecule has 4 aromatic rings. The highest BCUT2D eigenvalue weighted by atomic mass is 16.6. The number of nitrogens with zero attached hydrogens (tertiary/aromatic N) is 3. The van der Waals surface area contributed by atoms with E-state index in [2.05, 4.69) is 10.3 Å². The van der Waals surface area contributed by atoms with E-state index in [4.69, 9.17) is 0 Å². The van der Waals surface area contributed by atoms with E-state index in [0.29, 0.717) is 11.1 Å². The Kier molecular flexibility index (Phi) is 6.36. The number of carbonyl (C=O) groups excluding carboxylic acids is 2. The number of imidazole rings is 1. The van der Waals surface area contributed by atoms with Gasteiger partial charge in [0.15, 0.2) is 5.78 Å². The Morgan fingerprint density at radius 3 is 2.30 bits per heavy atom. The molecule has 0 bridgehead atoms. The molecule has 1 atom stereocenters. The molecule has 1 N–H and O–H groups in total. The maximum absolute atomic E-state index is 12.4. The first kappa shape index (κ1) is 21.6. The lowest BCUT2D eigenvalue weighted by molar-refractivity contribution is -0.384.